The predicted octanol–water partition coefficient (Wildman–Crippen LogP) is 1.96. The number of rotatable bonds is 1. The number of nitrogens with zero attached hydrogens (tertiary/aromatic N) is 1. The van der Waals surface area contributed by atoms with Gasteiger partial charge in [0, 0.05) is 5.56 Å². The van der Waals surface area contributed by atoms with Gasteiger partial charge in [0.2, 0.25) is 0 Å². The monoisotopic (exact) mass is 190 g/mol. The maximum atomic E-state index is 5.91. The van der Waals surface area contributed by atoms with Crippen LogP contribution in [0.2, 0.25) is 0 Å². The highest BCUT2D eigenvalue weighted by Crippen LogP contribution is 2.28. The van der Waals surface area contributed by atoms with Crippen LogP contribution in [0, 0.1) is 0 Å². The third-order valence-corrected chi connectivity index (χ3v) is 2.18. The molecule has 0 aromatic heterocycles. The molecule has 3 heteroatoms. The maximum Gasteiger partial charge on any atom is 0.164 e. The minimum atomic E-state index is 0.280. The van der Waals surface area contributed by atoms with Gasteiger partial charge in [-0.3, -0.25) is 0 Å². The van der Waals surface area contributed by atoms with E-state index in [1.165, 1.54) is 0 Å². The van der Waals surface area contributed by atoms with Crippen LogP contribution in [0.3, 0.4) is 0 Å². The van der Waals surface area contributed by atoms with Gasteiger partial charge in [-0.05, 0) is 26.0 Å². The molecular formula is C11H14N2O. The normalized spacial score (nSPS) is 14.8. The van der Waals surface area contributed by atoms with E-state index < -0.39 is 0 Å². The predicted molar refractivity (Wildman–Crippen MR) is 56.2 cm³/mol. The van der Waals surface area contributed by atoms with Crippen molar-refractivity contribution >= 4 is 5.70 Å². The van der Waals surface area contributed by atoms with E-state index in [-0.39, 0.29) is 6.04 Å². The van der Waals surface area contributed by atoms with E-state index in [9.17, 15) is 0 Å². The fraction of sp³-hybridized carbons (Fsp3) is 0.273. The molecule has 0 atom stereocenters. The lowest BCUT2D eigenvalue weighted by atomic mass is 10.1. The summed E-state index contributed by atoms with van der Waals surface area (Å²) in [6.45, 7) is 4.11. The topological polar surface area (TPSA) is 38.5 Å². The Kier molecular flexibility index (Phi) is 2.08. The van der Waals surface area contributed by atoms with Crippen molar-refractivity contribution in [2.75, 3.05) is 0 Å². The van der Waals surface area contributed by atoms with E-state index >= 15 is 0 Å². The summed E-state index contributed by atoms with van der Waals surface area (Å²) in [4.78, 5) is 5.64. The molecular weight excluding hydrogens is 176 g/mol. The van der Waals surface area contributed by atoms with Crippen molar-refractivity contribution in [3.63, 3.8) is 0 Å². The first kappa shape index (κ1) is 8.94. The highest BCUT2D eigenvalue weighted by Gasteiger charge is 2.17. The lowest BCUT2D eigenvalue weighted by Gasteiger charge is -2.29. The third-order valence-electron chi connectivity index (χ3n) is 2.18. The van der Waals surface area contributed by atoms with Crippen LogP contribution in [0.25, 0.3) is 5.70 Å². The molecule has 1 aromatic carbocycles. The second-order valence-electron chi connectivity index (χ2n) is 3.63. The summed E-state index contributed by atoms with van der Waals surface area (Å²) >= 11 is 0. The third kappa shape index (κ3) is 1.41. The van der Waals surface area contributed by atoms with Crippen LogP contribution in [0.5, 0.6) is 5.75 Å². The molecule has 0 fully saturated rings. The molecule has 0 unspecified atom stereocenters. The summed E-state index contributed by atoms with van der Waals surface area (Å²) in [6.07, 6.45) is 1.83. The number of benzene rings is 1. The van der Waals surface area contributed by atoms with Crippen LogP contribution in [0.1, 0.15) is 19.4 Å². The summed E-state index contributed by atoms with van der Waals surface area (Å²) < 4.78 is 0. The van der Waals surface area contributed by atoms with Crippen molar-refractivity contribution in [1.82, 2.24) is 5.06 Å². The van der Waals surface area contributed by atoms with Crippen LogP contribution in [-0.2, 0) is 0 Å². The van der Waals surface area contributed by atoms with Gasteiger partial charge in [-0.2, -0.15) is 0 Å². The van der Waals surface area contributed by atoms with Crippen molar-refractivity contribution in [2.24, 2.45) is 5.73 Å². The van der Waals surface area contributed by atoms with Crippen LogP contribution in [0.4, 0.5) is 0 Å². The molecule has 74 valence electrons. The van der Waals surface area contributed by atoms with Gasteiger partial charge in [0.05, 0.1) is 17.9 Å². The maximum absolute atomic E-state index is 5.91. The first-order chi connectivity index (χ1) is 6.68. The van der Waals surface area contributed by atoms with Crippen molar-refractivity contribution in [1.29, 1.82) is 0 Å². The van der Waals surface area contributed by atoms with Gasteiger partial charge in [0.1, 0.15) is 0 Å². The second kappa shape index (κ2) is 3.25. The molecule has 0 spiro atoms. The molecule has 0 amide bonds. The smallest absolute Gasteiger partial charge is 0.164 e. The number of nitrogens with two attached hydrogens (primary N) is 1. The molecule has 0 radical (unpaired) electrons. The van der Waals surface area contributed by atoms with Crippen LogP contribution >= 0.6 is 0 Å². The van der Waals surface area contributed by atoms with Gasteiger partial charge in [0.25, 0.3) is 0 Å². The number of hydrogen-bond acceptors (Lipinski definition) is 3. The van der Waals surface area contributed by atoms with Crippen molar-refractivity contribution in [3.8, 4) is 5.75 Å². The largest absolute Gasteiger partial charge is 0.397 e. The zero-order valence-corrected chi connectivity index (χ0v) is 8.40. The molecule has 1 aliphatic heterocycles. The minimum Gasteiger partial charge on any atom is -0.397 e. The molecule has 0 saturated carbocycles. The molecule has 3 nitrogen and oxygen atoms in total. The lowest BCUT2D eigenvalue weighted by Crippen LogP contribution is -2.32. The van der Waals surface area contributed by atoms with Gasteiger partial charge >= 0.3 is 0 Å². The highest BCUT2D eigenvalue weighted by atomic mass is 16.7. The second-order valence-corrected chi connectivity index (χ2v) is 3.63. The van der Waals surface area contributed by atoms with Crippen molar-refractivity contribution < 1.29 is 4.84 Å². The zero-order valence-electron chi connectivity index (χ0n) is 8.40. The molecule has 2 N–H and O–H groups in total. The standard InChI is InChI=1S/C11H14N2O/c1-8(2)13-7-10(12)9-5-3-4-6-11(9)14-13/h3-8H,12H2,1-2H3. The van der Waals surface area contributed by atoms with E-state index in [0.29, 0.717) is 0 Å². The number of fused-ring (bicyclic) bond motifs is 1. The molecule has 0 aliphatic carbocycles. The fourth-order valence-corrected chi connectivity index (χ4v) is 1.39. The van der Waals surface area contributed by atoms with Crippen LogP contribution in [0.15, 0.2) is 30.5 Å². The van der Waals surface area contributed by atoms with Gasteiger partial charge in [-0.25, -0.2) is 5.06 Å². The molecule has 1 aliphatic rings. The Labute approximate surface area is 83.7 Å². The number of hydroxylamine groups is 2. The quantitative estimate of drug-likeness (QED) is 0.735. The minimum absolute atomic E-state index is 0.280. The average molecular weight is 190 g/mol. The number of para-hydroxylation sites is 1. The van der Waals surface area contributed by atoms with E-state index in [2.05, 4.69) is 13.8 Å². The Morgan fingerprint density at radius 1 is 1.29 bits per heavy atom. The van der Waals surface area contributed by atoms with Gasteiger partial charge in [-0.1, -0.05) is 12.1 Å². The molecule has 0 bridgehead atoms. The zero-order chi connectivity index (χ0) is 10.1. The Bertz CT molecular complexity index is 371. The van der Waals surface area contributed by atoms with Gasteiger partial charge < -0.3 is 10.6 Å². The summed E-state index contributed by atoms with van der Waals surface area (Å²) in [5.74, 6) is 0.821. The fourth-order valence-electron chi connectivity index (χ4n) is 1.39. The summed E-state index contributed by atoms with van der Waals surface area (Å²) in [7, 11) is 0. The summed E-state index contributed by atoms with van der Waals surface area (Å²) in [6, 6.07) is 8.05. The summed E-state index contributed by atoms with van der Waals surface area (Å²) in [5, 5.41) is 1.76. The Hall–Kier alpha value is -1.64. The van der Waals surface area contributed by atoms with E-state index in [1.807, 2.05) is 30.5 Å². The molecule has 1 aromatic rings. The molecule has 1 heterocycles. The number of hydrogen-bond donors (Lipinski definition) is 1. The highest BCUT2D eigenvalue weighted by molar-refractivity contribution is 5.68. The Balaban J connectivity index is 2.39. The molecule has 14 heavy (non-hydrogen) atoms. The van der Waals surface area contributed by atoms with E-state index in [0.717, 1.165) is 17.0 Å². The van der Waals surface area contributed by atoms with Gasteiger partial charge in [-0.15, -0.1) is 0 Å². The van der Waals surface area contributed by atoms with E-state index in [1.54, 1.807) is 5.06 Å². The van der Waals surface area contributed by atoms with Crippen LogP contribution < -0.4 is 10.6 Å². The van der Waals surface area contributed by atoms with E-state index in [4.69, 9.17) is 10.6 Å². The molecule has 2 rings (SSSR count). The Morgan fingerprint density at radius 2 is 2.00 bits per heavy atom. The lowest BCUT2D eigenvalue weighted by molar-refractivity contribution is -0.0383. The SMILES string of the molecule is CC(C)N1C=C(N)c2ccccc2O1. The average Bonchev–Trinajstić information content (AvgIpc) is 2.17. The first-order valence-corrected chi connectivity index (χ1v) is 4.71. The van der Waals surface area contributed by atoms with Crippen LogP contribution in [-0.4, -0.2) is 11.1 Å². The van der Waals surface area contributed by atoms with Crippen molar-refractivity contribution in [3.05, 3.63) is 36.0 Å². The first-order valence-electron chi connectivity index (χ1n) is 4.71. The van der Waals surface area contributed by atoms with Crippen molar-refractivity contribution in [2.45, 2.75) is 19.9 Å². The summed E-state index contributed by atoms with van der Waals surface area (Å²) in [5.41, 5.74) is 7.63. The Morgan fingerprint density at radius 3 is 2.71 bits per heavy atom. The molecule has 0 saturated heterocycles. The van der Waals surface area contributed by atoms with Gasteiger partial charge in [0.15, 0.2) is 5.75 Å².